The van der Waals surface area contributed by atoms with Crippen molar-refractivity contribution in [3.05, 3.63) is 95.3 Å². The first kappa shape index (κ1) is 27.5. The summed E-state index contributed by atoms with van der Waals surface area (Å²) < 4.78 is 38.8. The number of hydrogen-bond acceptors (Lipinski definition) is 5. The van der Waals surface area contributed by atoms with Crippen molar-refractivity contribution < 1.29 is 27.6 Å². The summed E-state index contributed by atoms with van der Waals surface area (Å²) in [7, 11) is 2.00. The largest absolute Gasteiger partial charge is 0.416 e. The molecule has 2 N–H and O–H groups in total. The number of amides is 3. The minimum Gasteiger partial charge on any atom is -0.335 e. The van der Waals surface area contributed by atoms with E-state index in [1.54, 1.807) is 35.2 Å². The van der Waals surface area contributed by atoms with Gasteiger partial charge < -0.3 is 20.4 Å². The van der Waals surface area contributed by atoms with Crippen LogP contribution in [0.15, 0.2) is 72.9 Å². The molecule has 0 aliphatic carbocycles. The Hall–Kier alpha value is -4.51. The Morgan fingerprint density at radius 1 is 0.897 bits per heavy atom. The maximum Gasteiger partial charge on any atom is 0.416 e. The number of alkyl halides is 3. The molecule has 202 valence electrons. The molecule has 0 bridgehead atoms. The standard InChI is InChI=1S/C28H26F3N5O3/c1-35-12-14-36(15-13-35)27(39)24-18-23(10-11-32-24)33-25(37)9-8-19-4-2-7-22(16-19)34-26(38)20-5-3-6-21(17-20)28(29,30)31/h2-11,16-18H,12-15H2,1H3,(H,34,38)(H,32,33,37)/b9-8+. The summed E-state index contributed by atoms with van der Waals surface area (Å²) in [6, 6.07) is 13.7. The van der Waals surface area contributed by atoms with Gasteiger partial charge in [-0.1, -0.05) is 18.2 Å². The number of piperazine rings is 1. The maximum absolute atomic E-state index is 12.9. The molecule has 39 heavy (non-hydrogen) atoms. The number of likely N-dealkylation sites (N-methyl/N-ethyl adjacent to an activating group) is 1. The van der Waals surface area contributed by atoms with Gasteiger partial charge in [0.05, 0.1) is 5.56 Å². The lowest BCUT2D eigenvalue weighted by molar-refractivity contribution is -0.137. The molecular weight excluding hydrogens is 511 g/mol. The quantitative estimate of drug-likeness (QED) is 0.455. The molecule has 2 aromatic carbocycles. The lowest BCUT2D eigenvalue weighted by atomic mass is 10.1. The Morgan fingerprint density at radius 3 is 2.36 bits per heavy atom. The van der Waals surface area contributed by atoms with E-state index in [1.807, 2.05) is 7.05 Å². The van der Waals surface area contributed by atoms with E-state index in [-0.39, 0.29) is 17.2 Å². The molecule has 1 aliphatic rings. The van der Waals surface area contributed by atoms with Gasteiger partial charge in [-0.2, -0.15) is 13.2 Å². The summed E-state index contributed by atoms with van der Waals surface area (Å²) in [6.07, 6.45) is -0.290. The topological polar surface area (TPSA) is 94.6 Å². The van der Waals surface area contributed by atoms with Crippen LogP contribution < -0.4 is 10.6 Å². The summed E-state index contributed by atoms with van der Waals surface area (Å²) in [5.74, 6) is -1.34. The number of rotatable bonds is 6. The smallest absolute Gasteiger partial charge is 0.335 e. The molecule has 4 rings (SSSR count). The average Bonchev–Trinajstić information content (AvgIpc) is 2.92. The van der Waals surface area contributed by atoms with E-state index in [9.17, 15) is 27.6 Å². The minimum atomic E-state index is -4.56. The van der Waals surface area contributed by atoms with E-state index in [0.29, 0.717) is 30.0 Å². The molecule has 1 saturated heterocycles. The van der Waals surface area contributed by atoms with Crippen LogP contribution in [0.3, 0.4) is 0 Å². The Balaban J connectivity index is 1.36. The Bertz CT molecular complexity index is 1400. The van der Waals surface area contributed by atoms with Crippen molar-refractivity contribution in [2.45, 2.75) is 6.18 Å². The molecule has 1 aromatic heterocycles. The number of carbonyl (C=O) groups excluding carboxylic acids is 3. The van der Waals surface area contributed by atoms with Crippen LogP contribution in [0.2, 0.25) is 0 Å². The van der Waals surface area contributed by atoms with Gasteiger partial charge in [0, 0.05) is 55.4 Å². The number of carbonyl (C=O) groups is 3. The molecule has 0 radical (unpaired) electrons. The highest BCUT2D eigenvalue weighted by Crippen LogP contribution is 2.29. The molecule has 1 aliphatic heterocycles. The second-order valence-corrected chi connectivity index (χ2v) is 9.01. The van der Waals surface area contributed by atoms with Crippen LogP contribution in [0.1, 0.15) is 32.0 Å². The second kappa shape index (κ2) is 11.9. The van der Waals surface area contributed by atoms with Gasteiger partial charge in [-0.05, 0) is 61.2 Å². The number of halogens is 3. The maximum atomic E-state index is 12.9. The molecule has 0 atom stereocenters. The van der Waals surface area contributed by atoms with Crippen molar-refractivity contribution >= 4 is 35.2 Å². The van der Waals surface area contributed by atoms with Gasteiger partial charge in [0.15, 0.2) is 0 Å². The van der Waals surface area contributed by atoms with E-state index < -0.39 is 23.6 Å². The van der Waals surface area contributed by atoms with Gasteiger partial charge in [0.1, 0.15) is 5.69 Å². The third kappa shape index (κ3) is 7.51. The highest BCUT2D eigenvalue weighted by Gasteiger charge is 2.31. The van der Waals surface area contributed by atoms with Crippen molar-refractivity contribution in [1.29, 1.82) is 0 Å². The lowest BCUT2D eigenvalue weighted by Gasteiger charge is -2.32. The van der Waals surface area contributed by atoms with Crippen molar-refractivity contribution in [2.75, 3.05) is 43.9 Å². The normalized spacial score (nSPS) is 14.3. The van der Waals surface area contributed by atoms with Gasteiger partial charge in [-0.15, -0.1) is 0 Å². The first-order valence-corrected chi connectivity index (χ1v) is 12.1. The molecule has 0 saturated carbocycles. The predicted octanol–water partition coefficient (Wildman–Crippen LogP) is 4.39. The van der Waals surface area contributed by atoms with Gasteiger partial charge in [0.2, 0.25) is 5.91 Å². The number of hydrogen-bond donors (Lipinski definition) is 2. The number of pyridine rings is 1. The van der Waals surface area contributed by atoms with Crippen molar-refractivity contribution in [1.82, 2.24) is 14.8 Å². The highest BCUT2D eigenvalue weighted by molar-refractivity contribution is 6.05. The van der Waals surface area contributed by atoms with Crippen LogP contribution in [-0.2, 0) is 11.0 Å². The first-order chi connectivity index (χ1) is 18.6. The zero-order valence-corrected chi connectivity index (χ0v) is 21.0. The van der Waals surface area contributed by atoms with Crippen molar-refractivity contribution in [3.8, 4) is 0 Å². The molecule has 3 aromatic rings. The number of benzene rings is 2. The van der Waals surface area contributed by atoms with E-state index in [2.05, 4.69) is 20.5 Å². The molecule has 0 unspecified atom stereocenters. The van der Waals surface area contributed by atoms with Crippen LogP contribution in [0, 0.1) is 0 Å². The zero-order valence-electron chi connectivity index (χ0n) is 21.0. The van der Waals surface area contributed by atoms with Crippen molar-refractivity contribution in [3.63, 3.8) is 0 Å². The summed E-state index contributed by atoms with van der Waals surface area (Å²) in [5, 5.41) is 5.26. The van der Waals surface area contributed by atoms with Crippen LogP contribution in [0.4, 0.5) is 24.5 Å². The second-order valence-electron chi connectivity index (χ2n) is 9.01. The number of nitrogens with one attached hydrogen (secondary N) is 2. The summed E-state index contributed by atoms with van der Waals surface area (Å²) >= 11 is 0. The fourth-order valence-electron chi connectivity index (χ4n) is 3.91. The molecule has 11 heteroatoms. The zero-order chi connectivity index (χ0) is 28.0. The summed E-state index contributed by atoms with van der Waals surface area (Å²) in [4.78, 5) is 45.7. The fraction of sp³-hybridized carbons (Fsp3) is 0.214. The minimum absolute atomic E-state index is 0.132. The van der Waals surface area contributed by atoms with E-state index in [0.717, 1.165) is 25.2 Å². The fourth-order valence-corrected chi connectivity index (χ4v) is 3.91. The number of aromatic nitrogens is 1. The van der Waals surface area contributed by atoms with E-state index in [4.69, 9.17) is 0 Å². The molecule has 1 fully saturated rings. The summed E-state index contributed by atoms with van der Waals surface area (Å²) in [6.45, 7) is 2.78. The highest BCUT2D eigenvalue weighted by atomic mass is 19.4. The van der Waals surface area contributed by atoms with Crippen LogP contribution in [0.5, 0.6) is 0 Å². The predicted molar refractivity (Wildman–Crippen MR) is 141 cm³/mol. The van der Waals surface area contributed by atoms with E-state index in [1.165, 1.54) is 36.5 Å². The van der Waals surface area contributed by atoms with Gasteiger partial charge in [-0.3, -0.25) is 19.4 Å². The monoisotopic (exact) mass is 537 g/mol. The van der Waals surface area contributed by atoms with E-state index >= 15 is 0 Å². The molecule has 0 spiro atoms. The van der Waals surface area contributed by atoms with Crippen LogP contribution >= 0.6 is 0 Å². The summed E-state index contributed by atoms with van der Waals surface area (Å²) in [5.41, 5.74) is 0.537. The van der Waals surface area contributed by atoms with Crippen LogP contribution in [-0.4, -0.2) is 65.7 Å². The molecule has 2 heterocycles. The third-order valence-corrected chi connectivity index (χ3v) is 6.06. The van der Waals surface area contributed by atoms with Crippen molar-refractivity contribution in [2.24, 2.45) is 0 Å². The number of nitrogens with zero attached hydrogens (tertiary/aromatic N) is 3. The third-order valence-electron chi connectivity index (χ3n) is 6.06. The number of anilines is 2. The van der Waals surface area contributed by atoms with Crippen LogP contribution in [0.25, 0.3) is 6.08 Å². The van der Waals surface area contributed by atoms with Gasteiger partial charge in [0.25, 0.3) is 11.8 Å². The molecular formula is C28H26F3N5O3. The first-order valence-electron chi connectivity index (χ1n) is 12.1. The molecule has 3 amide bonds. The Kier molecular flexibility index (Phi) is 8.40. The SMILES string of the molecule is CN1CCN(C(=O)c2cc(NC(=O)/C=C/c3cccc(NC(=O)c4cccc(C(F)(F)F)c4)c3)ccn2)CC1. The average molecular weight is 538 g/mol. The lowest BCUT2D eigenvalue weighted by Crippen LogP contribution is -2.47. The van der Waals surface area contributed by atoms with Gasteiger partial charge in [-0.25, -0.2) is 0 Å². The Labute approximate surface area is 223 Å². The van der Waals surface area contributed by atoms with Gasteiger partial charge >= 0.3 is 6.18 Å². The Morgan fingerprint density at radius 2 is 1.62 bits per heavy atom. The molecule has 8 nitrogen and oxygen atoms in total.